The van der Waals surface area contributed by atoms with Crippen LogP contribution in [0.4, 0.5) is 0 Å². The van der Waals surface area contributed by atoms with Crippen molar-refractivity contribution in [2.45, 2.75) is 44.6 Å². The predicted molar refractivity (Wildman–Crippen MR) is 96.3 cm³/mol. The minimum Gasteiger partial charge on any atom is -0.353 e. The van der Waals surface area contributed by atoms with Crippen molar-refractivity contribution in [3.05, 3.63) is 22.4 Å². The quantitative estimate of drug-likeness (QED) is 0.888. The molecule has 0 aromatic carbocycles. The molecule has 1 aliphatic heterocycles. The third kappa shape index (κ3) is 4.80. The van der Waals surface area contributed by atoms with Gasteiger partial charge in [-0.25, -0.2) is 0 Å². The van der Waals surface area contributed by atoms with Crippen LogP contribution >= 0.6 is 11.3 Å². The standard InChI is InChI=1S/C18H27N3O2S/c22-17(19-15-5-2-1-3-6-15)8-9-20-10-12-21(13-11-20)18(23)16-7-4-14-24-16/h4,7,14-15H,1-3,5-6,8-13H2,(H,19,22). The van der Waals surface area contributed by atoms with Gasteiger partial charge in [0, 0.05) is 45.2 Å². The molecule has 0 atom stereocenters. The van der Waals surface area contributed by atoms with E-state index in [1.54, 1.807) is 0 Å². The molecular formula is C18H27N3O2S. The molecule has 0 spiro atoms. The number of thiophene rings is 1. The van der Waals surface area contributed by atoms with E-state index in [4.69, 9.17) is 0 Å². The van der Waals surface area contributed by atoms with E-state index in [0.29, 0.717) is 12.5 Å². The van der Waals surface area contributed by atoms with E-state index < -0.39 is 0 Å². The highest BCUT2D eigenvalue weighted by Gasteiger charge is 2.23. The van der Waals surface area contributed by atoms with Gasteiger partial charge in [-0.3, -0.25) is 14.5 Å². The van der Waals surface area contributed by atoms with Crippen LogP contribution in [-0.2, 0) is 4.79 Å². The molecule has 0 unspecified atom stereocenters. The summed E-state index contributed by atoms with van der Waals surface area (Å²) in [5, 5.41) is 5.11. The van der Waals surface area contributed by atoms with Crippen molar-refractivity contribution in [2.24, 2.45) is 0 Å². The lowest BCUT2D eigenvalue weighted by molar-refractivity contribution is -0.122. The Morgan fingerprint density at radius 1 is 1.12 bits per heavy atom. The summed E-state index contributed by atoms with van der Waals surface area (Å²) in [5.74, 6) is 0.318. The smallest absolute Gasteiger partial charge is 0.264 e. The Morgan fingerprint density at radius 3 is 2.54 bits per heavy atom. The van der Waals surface area contributed by atoms with Gasteiger partial charge in [0.05, 0.1) is 4.88 Å². The molecule has 2 fully saturated rings. The maximum absolute atomic E-state index is 12.3. The fraction of sp³-hybridized carbons (Fsp3) is 0.667. The van der Waals surface area contributed by atoms with Crippen LogP contribution in [0.1, 0.15) is 48.2 Å². The molecule has 1 saturated carbocycles. The second-order valence-corrected chi connectivity index (χ2v) is 7.71. The van der Waals surface area contributed by atoms with Crippen molar-refractivity contribution in [3.63, 3.8) is 0 Å². The first-order valence-electron chi connectivity index (χ1n) is 9.07. The van der Waals surface area contributed by atoms with Gasteiger partial charge in [-0.2, -0.15) is 0 Å². The first kappa shape index (κ1) is 17.4. The number of carbonyl (C=O) groups is 2. The molecule has 0 bridgehead atoms. The van der Waals surface area contributed by atoms with Crippen LogP contribution < -0.4 is 5.32 Å². The molecule has 0 radical (unpaired) electrons. The zero-order valence-electron chi connectivity index (χ0n) is 14.2. The number of nitrogens with zero attached hydrogens (tertiary/aromatic N) is 2. The Morgan fingerprint density at radius 2 is 1.88 bits per heavy atom. The molecule has 24 heavy (non-hydrogen) atoms. The molecule has 1 aromatic rings. The van der Waals surface area contributed by atoms with Gasteiger partial charge < -0.3 is 10.2 Å². The molecule has 1 aromatic heterocycles. The Kier molecular flexibility index (Phi) is 6.26. The van der Waals surface area contributed by atoms with Gasteiger partial charge in [-0.15, -0.1) is 11.3 Å². The maximum atomic E-state index is 12.3. The fourth-order valence-electron chi connectivity index (χ4n) is 3.54. The van der Waals surface area contributed by atoms with Gasteiger partial charge in [-0.1, -0.05) is 25.3 Å². The van der Waals surface area contributed by atoms with Crippen LogP contribution in [0.2, 0.25) is 0 Å². The summed E-state index contributed by atoms with van der Waals surface area (Å²) in [5.41, 5.74) is 0. The van der Waals surface area contributed by atoms with Gasteiger partial charge in [0.15, 0.2) is 0 Å². The first-order chi connectivity index (χ1) is 11.7. The highest BCUT2D eigenvalue weighted by Crippen LogP contribution is 2.17. The van der Waals surface area contributed by atoms with E-state index >= 15 is 0 Å². The summed E-state index contributed by atoms with van der Waals surface area (Å²) in [6.45, 7) is 4.00. The van der Waals surface area contributed by atoms with Crippen molar-refractivity contribution in [1.29, 1.82) is 0 Å². The molecule has 1 aliphatic carbocycles. The van der Waals surface area contributed by atoms with Gasteiger partial charge >= 0.3 is 0 Å². The molecule has 132 valence electrons. The molecule has 5 nitrogen and oxygen atoms in total. The number of hydrogen-bond donors (Lipinski definition) is 1. The van der Waals surface area contributed by atoms with Crippen LogP contribution in [0.25, 0.3) is 0 Å². The predicted octanol–water partition coefficient (Wildman–Crippen LogP) is 2.34. The lowest BCUT2D eigenvalue weighted by atomic mass is 9.95. The van der Waals surface area contributed by atoms with Crippen LogP contribution in [0.15, 0.2) is 17.5 Å². The Balaban J connectivity index is 1.35. The summed E-state index contributed by atoms with van der Waals surface area (Å²) in [7, 11) is 0. The van der Waals surface area contributed by atoms with Gasteiger partial charge in [-0.05, 0) is 24.3 Å². The van der Waals surface area contributed by atoms with Gasteiger partial charge in [0.1, 0.15) is 0 Å². The minimum absolute atomic E-state index is 0.139. The summed E-state index contributed by atoms with van der Waals surface area (Å²) in [6.07, 6.45) is 6.62. The summed E-state index contributed by atoms with van der Waals surface area (Å²) < 4.78 is 0. The number of piperazine rings is 1. The Hall–Kier alpha value is -1.40. The van der Waals surface area contributed by atoms with Crippen LogP contribution in [0.3, 0.4) is 0 Å². The first-order valence-corrected chi connectivity index (χ1v) is 9.95. The van der Waals surface area contributed by atoms with Crippen LogP contribution in [0, 0.1) is 0 Å². The van der Waals surface area contributed by atoms with Gasteiger partial charge in [0.25, 0.3) is 5.91 Å². The normalized spacial score (nSPS) is 20.1. The van der Waals surface area contributed by atoms with E-state index in [9.17, 15) is 9.59 Å². The van der Waals surface area contributed by atoms with Crippen LogP contribution in [0.5, 0.6) is 0 Å². The number of rotatable bonds is 5. The second kappa shape index (κ2) is 8.62. The van der Waals surface area contributed by atoms with E-state index in [2.05, 4.69) is 10.2 Å². The summed E-state index contributed by atoms with van der Waals surface area (Å²) in [6, 6.07) is 4.19. The molecule has 2 amide bonds. The average molecular weight is 350 g/mol. The summed E-state index contributed by atoms with van der Waals surface area (Å²) in [4.78, 5) is 29.4. The highest BCUT2D eigenvalue weighted by atomic mass is 32.1. The van der Waals surface area contributed by atoms with E-state index in [1.165, 1.54) is 30.6 Å². The topological polar surface area (TPSA) is 52.7 Å². The number of amides is 2. The van der Waals surface area contributed by atoms with Crippen molar-refractivity contribution >= 4 is 23.2 Å². The van der Waals surface area contributed by atoms with E-state index in [1.807, 2.05) is 22.4 Å². The third-order valence-corrected chi connectivity index (χ3v) is 5.87. The van der Waals surface area contributed by atoms with Crippen molar-refractivity contribution in [1.82, 2.24) is 15.1 Å². The molecule has 6 heteroatoms. The molecule has 2 aliphatic rings. The fourth-order valence-corrected chi connectivity index (χ4v) is 4.23. The number of nitrogens with one attached hydrogen (secondary N) is 1. The Labute approximate surface area is 148 Å². The molecular weight excluding hydrogens is 322 g/mol. The minimum atomic E-state index is 0.139. The molecule has 3 rings (SSSR count). The lowest BCUT2D eigenvalue weighted by Gasteiger charge is -2.34. The van der Waals surface area contributed by atoms with Crippen molar-refractivity contribution in [3.8, 4) is 0 Å². The third-order valence-electron chi connectivity index (χ3n) is 5.02. The Bertz CT molecular complexity index is 532. The lowest BCUT2D eigenvalue weighted by Crippen LogP contribution is -2.49. The van der Waals surface area contributed by atoms with Crippen LogP contribution in [-0.4, -0.2) is 60.4 Å². The maximum Gasteiger partial charge on any atom is 0.264 e. The van der Waals surface area contributed by atoms with Crippen molar-refractivity contribution < 1.29 is 9.59 Å². The zero-order valence-corrected chi connectivity index (χ0v) is 15.0. The second-order valence-electron chi connectivity index (χ2n) is 6.76. The largest absolute Gasteiger partial charge is 0.353 e. The zero-order chi connectivity index (χ0) is 16.8. The summed E-state index contributed by atoms with van der Waals surface area (Å²) >= 11 is 1.50. The van der Waals surface area contributed by atoms with Crippen molar-refractivity contribution in [2.75, 3.05) is 32.7 Å². The SMILES string of the molecule is O=C(CCN1CCN(C(=O)c2cccs2)CC1)NC1CCCCC1. The highest BCUT2D eigenvalue weighted by molar-refractivity contribution is 7.12. The van der Waals surface area contributed by atoms with Gasteiger partial charge in [0.2, 0.25) is 5.91 Å². The number of carbonyl (C=O) groups excluding carboxylic acids is 2. The van der Waals surface area contributed by atoms with E-state index in [0.717, 1.165) is 50.4 Å². The molecule has 1 N–H and O–H groups in total. The average Bonchev–Trinajstić information content (AvgIpc) is 3.15. The molecule has 2 heterocycles. The van der Waals surface area contributed by atoms with E-state index in [-0.39, 0.29) is 11.8 Å². The molecule has 1 saturated heterocycles. The monoisotopic (exact) mass is 349 g/mol. The number of hydrogen-bond acceptors (Lipinski definition) is 4.